The van der Waals surface area contributed by atoms with Crippen LogP contribution in [0.25, 0.3) is 0 Å². The number of thiazole rings is 1. The SMILES string of the molecule is Cc1ncsc1C(=O)N(CCO)c1ccccc1N. The third-order valence-corrected chi connectivity index (χ3v) is 3.65. The van der Waals surface area contributed by atoms with Gasteiger partial charge in [0.2, 0.25) is 0 Å². The third kappa shape index (κ3) is 2.74. The zero-order valence-corrected chi connectivity index (χ0v) is 11.4. The Labute approximate surface area is 115 Å². The van der Waals surface area contributed by atoms with Gasteiger partial charge in [0, 0.05) is 6.54 Å². The van der Waals surface area contributed by atoms with Crippen LogP contribution in [0.5, 0.6) is 0 Å². The van der Waals surface area contributed by atoms with E-state index in [1.807, 2.05) is 6.07 Å². The Kier molecular flexibility index (Phi) is 4.13. The standard InChI is InChI=1S/C13H15N3O2S/c1-9-12(19-8-15-9)13(18)16(6-7-17)11-5-3-2-4-10(11)14/h2-5,8,17H,6-7,14H2,1H3. The summed E-state index contributed by atoms with van der Waals surface area (Å²) in [6.07, 6.45) is 0. The Balaban J connectivity index is 2.39. The lowest BCUT2D eigenvalue weighted by Gasteiger charge is -2.22. The Morgan fingerprint density at radius 3 is 2.79 bits per heavy atom. The molecule has 2 aromatic rings. The molecular weight excluding hydrogens is 262 g/mol. The van der Waals surface area contributed by atoms with Crippen LogP contribution in [0.1, 0.15) is 15.4 Å². The van der Waals surface area contributed by atoms with Crippen LogP contribution in [0.15, 0.2) is 29.8 Å². The number of hydrogen-bond acceptors (Lipinski definition) is 5. The highest BCUT2D eigenvalue weighted by molar-refractivity contribution is 7.12. The lowest BCUT2D eigenvalue weighted by atomic mass is 10.2. The molecule has 2 rings (SSSR count). The van der Waals surface area contributed by atoms with Crippen LogP contribution in [0.2, 0.25) is 0 Å². The molecular formula is C13H15N3O2S. The predicted octanol–water partition coefficient (Wildman–Crippen LogP) is 1.67. The van der Waals surface area contributed by atoms with E-state index < -0.39 is 0 Å². The number of para-hydroxylation sites is 2. The van der Waals surface area contributed by atoms with E-state index >= 15 is 0 Å². The van der Waals surface area contributed by atoms with Gasteiger partial charge in [0.05, 0.1) is 29.2 Å². The second-order valence-corrected chi connectivity index (χ2v) is 4.86. The van der Waals surface area contributed by atoms with E-state index in [0.717, 1.165) is 0 Å². The molecule has 1 heterocycles. The molecule has 0 atom stereocenters. The molecule has 3 N–H and O–H groups in total. The van der Waals surface area contributed by atoms with E-state index in [1.165, 1.54) is 16.2 Å². The van der Waals surface area contributed by atoms with Crippen LogP contribution in [-0.4, -0.2) is 29.1 Å². The molecule has 6 heteroatoms. The van der Waals surface area contributed by atoms with Crippen LogP contribution >= 0.6 is 11.3 Å². The molecule has 0 aliphatic carbocycles. The normalized spacial score (nSPS) is 10.4. The van der Waals surface area contributed by atoms with Gasteiger partial charge in [-0.05, 0) is 19.1 Å². The van der Waals surface area contributed by atoms with Gasteiger partial charge in [-0.3, -0.25) is 4.79 Å². The fourth-order valence-electron chi connectivity index (χ4n) is 1.79. The Morgan fingerprint density at radius 2 is 2.21 bits per heavy atom. The van der Waals surface area contributed by atoms with E-state index in [0.29, 0.717) is 21.9 Å². The second kappa shape index (κ2) is 5.81. The highest BCUT2D eigenvalue weighted by atomic mass is 32.1. The molecule has 100 valence electrons. The molecule has 1 aromatic carbocycles. The smallest absolute Gasteiger partial charge is 0.270 e. The molecule has 0 aliphatic rings. The van der Waals surface area contributed by atoms with Crippen molar-refractivity contribution in [3.8, 4) is 0 Å². The number of hydrogen-bond donors (Lipinski definition) is 2. The first-order valence-corrected chi connectivity index (χ1v) is 6.70. The highest BCUT2D eigenvalue weighted by Gasteiger charge is 2.22. The number of anilines is 2. The number of benzene rings is 1. The van der Waals surface area contributed by atoms with Crippen LogP contribution in [-0.2, 0) is 0 Å². The average molecular weight is 277 g/mol. The minimum Gasteiger partial charge on any atom is -0.397 e. The largest absolute Gasteiger partial charge is 0.397 e. The van der Waals surface area contributed by atoms with E-state index in [1.54, 1.807) is 30.6 Å². The molecule has 5 nitrogen and oxygen atoms in total. The van der Waals surface area contributed by atoms with Gasteiger partial charge in [0.1, 0.15) is 4.88 Å². The van der Waals surface area contributed by atoms with E-state index in [9.17, 15) is 4.79 Å². The third-order valence-electron chi connectivity index (χ3n) is 2.74. The van der Waals surface area contributed by atoms with Gasteiger partial charge in [-0.2, -0.15) is 0 Å². The van der Waals surface area contributed by atoms with Gasteiger partial charge in [0.25, 0.3) is 5.91 Å². The van der Waals surface area contributed by atoms with Crippen molar-refractivity contribution in [2.24, 2.45) is 0 Å². The summed E-state index contributed by atoms with van der Waals surface area (Å²) in [5, 5.41) is 9.16. The fraction of sp³-hybridized carbons (Fsp3) is 0.231. The van der Waals surface area contributed by atoms with Gasteiger partial charge in [-0.25, -0.2) is 4.98 Å². The molecule has 0 radical (unpaired) electrons. The number of carbonyl (C=O) groups excluding carboxylic acids is 1. The zero-order valence-electron chi connectivity index (χ0n) is 10.5. The molecule has 0 bridgehead atoms. The van der Waals surface area contributed by atoms with E-state index in [4.69, 9.17) is 10.8 Å². The number of aliphatic hydroxyl groups is 1. The number of aromatic nitrogens is 1. The first-order chi connectivity index (χ1) is 9.15. The molecule has 0 aliphatic heterocycles. The minimum atomic E-state index is -0.188. The van der Waals surface area contributed by atoms with Crippen molar-refractivity contribution in [1.29, 1.82) is 0 Å². The maximum Gasteiger partial charge on any atom is 0.270 e. The molecule has 1 amide bonds. The molecule has 0 saturated heterocycles. The quantitative estimate of drug-likeness (QED) is 0.833. The van der Waals surface area contributed by atoms with Crippen LogP contribution in [0.4, 0.5) is 11.4 Å². The van der Waals surface area contributed by atoms with Crippen molar-refractivity contribution in [2.45, 2.75) is 6.92 Å². The Bertz CT molecular complexity index is 583. The van der Waals surface area contributed by atoms with Crippen LogP contribution < -0.4 is 10.6 Å². The average Bonchev–Trinajstić information content (AvgIpc) is 2.82. The Morgan fingerprint density at radius 1 is 1.47 bits per heavy atom. The van der Waals surface area contributed by atoms with Crippen LogP contribution in [0.3, 0.4) is 0 Å². The summed E-state index contributed by atoms with van der Waals surface area (Å²) in [6.45, 7) is 1.86. The summed E-state index contributed by atoms with van der Waals surface area (Å²) in [5.41, 5.74) is 9.33. The van der Waals surface area contributed by atoms with Gasteiger partial charge in [-0.1, -0.05) is 12.1 Å². The highest BCUT2D eigenvalue weighted by Crippen LogP contribution is 2.25. The summed E-state index contributed by atoms with van der Waals surface area (Å²) < 4.78 is 0. The lowest BCUT2D eigenvalue weighted by molar-refractivity contribution is 0.0984. The first kappa shape index (κ1) is 13.5. The minimum absolute atomic E-state index is 0.127. The van der Waals surface area contributed by atoms with Crippen LogP contribution in [0, 0.1) is 6.92 Å². The van der Waals surface area contributed by atoms with Crippen molar-refractivity contribution in [2.75, 3.05) is 23.8 Å². The summed E-state index contributed by atoms with van der Waals surface area (Å²) in [6, 6.07) is 7.10. The number of nitrogens with two attached hydrogens (primary N) is 1. The number of aliphatic hydroxyl groups excluding tert-OH is 1. The van der Waals surface area contributed by atoms with Crippen molar-refractivity contribution >= 4 is 28.6 Å². The topological polar surface area (TPSA) is 79.5 Å². The Hall–Kier alpha value is -1.92. The summed E-state index contributed by atoms with van der Waals surface area (Å²) in [5.74, 6) is -0.188. The van der Waals surface area contributed by atoms with E-state index in [-0.39, 0.29) is 19.1 Å². The van der Waals surface area contributed by atoms with Gasteiger partial charge in [-0.15, -0.1) is 11.3 Å². The predicted molar refractivity (Wildman–Crippen MR) is 76.5 cm³/mol. The zero-order chi connectivity index (χ0) is 13.8. The molecule has 1 aromatic heterocycles. The number of nitrogens with zero attached hydrogens (tertiary/aromatic N) is 2. The first-order valence-electron chi connectivity index (χ1n) is 5.82. The molecule has 0 unspecified atom stereocenters. The van der Waals surface area contributed by atoms with Gasteiger partial charge >= 0.3 is 0 Å². The lowest BCUT2D eigenvalue weighted by Crippen LogP contribution is -2.34. The maximum atomic E-state index is 12.5. The van der Waals surface area contributed by atoms with Crippen molar-refractivity contribution < 1.29 is 9.90 Å². The van der Waals surface area contributed by atoms with Gasteiger partial charge in [0.15, 0.2) is 0 Å². The van der Waals surface area contributed by atoms with Crippen molar-refractivity contribution in [3.63, 3.8) is 0 Å². The summed E-state index contributed by atoms with van der Waals surface area (Å²) in [7, 11) is 0. The number of rotatable bonds is 4. The van der Waals surface area contributed by atoms with Crippen molar-refractivity contribution in [1.82, 2.24) is 4.98 Å². The number of nitrogen functional groups attached to an aromatic ring is 1. The molecule has 0 saturated carbocycles. The fourth-order valence-corrected chi connectivity index (χ4v) is 2.54. The van der Waals surface area contributed by atoms with Gasteiger partial charge < -0.3 is 15.7 Å². The number of aryl methyl sites for hydroxylation is 1. The number of amides is 1. The molecule has 19 heavy (non-hydrogen) atoms. The van der Waals surface area contributed by atoms with E-state index in [2.05, 4.69) is 4.98 Å². The molecule has 0 spiro atoms. The second-order valence-electron chi connectivity index (χ2n) is 4.01. The van der Waals surface area contributed by atoms with Crippen molar-refractivity contribution in [3.05, 3.63) is 40.3 Å². The summed E-state index contributed by atoms with van der Waals surface area (Å²) in [4.78, 5) is 18.6. The summed E-state index contributed by atoms with van der Waals surface area (Å²) >= 11 is 1.29. The molecule has 0 fully saturated rings. The monoisotopic (exact) mass is 277 g/mol. The number of carbonyl (C=O) groups is 1. The maximum absolute atomic E-state index is 12.5.